The summed E-state index contributed by atoms with van der Waals surface area (Å²) in [7, 11) is 2.25. The molecule has 0 spiro atoms. The molecule has 0 aromatic carbocycles. The average molecular weight is 158 g/mol. The van der Waals surface area contributed by atoms with Crippen molar-refractivity contribution < 1.29 is 19.3 Å². The molecule has 6 heteroatoms. The van der Waals surface area contributed by atoms with E-state index in [1.54, 1.807) is 0 Å². The highest BCUT2D eigenvalue weighted by Gasteiger charge is 2.21. The topological polar surface area (TPSA) is 79.6 Å². The van der Waals surface area contributed by atoms with Crippen LogP contribution in [0.2, 0.25) is 5.82 Å². The van der Waals surface area contributed by atoms with Gasteiger partial charge in [-0.3, -0.25) is 10.2 Å². The van der Waals surface area contributed by atoms with Crippen molar-refractivity contribution >= 4 is 19.9 Å². The third-order valence-corrected chi connectivity index (χ3v) is 1.01. The Kier molecular flexibility index (Phi) is 5.19. The average Bonchev–Trinajstić information content (AvgIpc) is 2.05. The van der Waals surface area contributed by atoms with Gasteiger partial charge in [0.2, 0.25) is 0 Å². The van der Waals surface area contributed by atoms with Gasteiger partial charge in [-0.15, -0.1) is 0 Å². The van der Waals surface area contributed by atoms with Crippen molar-refractivity contribution in [2.45, 2.75) is 5.82 Å². The molecule has 0 aliphatic heterocycles. The van der Waals surface area contributed by atoms with E-state index in [-0.39, 0.29) is 6.61 Å². The Labute approximate surface area is 65.1 Å². The number of hydrogen-bond donors (Lipinski definition) is 2. The van der Waals surface area contributed by atoms with Gasteiger partial charge in [0.25, 0.3) is 0 Å². The van der Waals surface area contributed by atoms with Gasteiger partial charge in [-0.25, -0.2) is 0 Å². The molecule has 0 fully saturated rings. The van der Waals surface area contributed by atoms with Crippen LogP contribution in [0.5, 0.6) is 0 Å². The van der Waals surface area contributed by atoms with E-state index in [9.17, 15) is 4.79 Å². The van der Waals surface area contributed by atoms with E-state index in [1.165, 1.54) is 7.11 Å². The fourth-order valence-electron chi connectivity index (χ4n) is 0.459. The Morgan fingerprint density at radius 2 is 2.55 bits per heavy atom. The summed E-state index contributed by atoms with van der Waals surface area (Å²) >= 11 is 0. The van der Waals surface area contributed by atoms with Crippen LogP contribution in [-0.2, 0) is 14.2 Å². The van der Waals surface area contributed by atoms with Crippen molar-refractivity contribution in [3.8, 4) is 0 Å². The second-order valence-electron chi connectivity index (χ2n) is 1.70. The molecule has 0 aliphatic carbocycles. The molecule has 0 bridgehead atoms. The van der Waals surface area contributed by atoms with Crippen LogP contribution >= 0.6 is 0 Å². The van der Waals surface area contributed by atoms with Crippen molar-refractivity contribution in [3.05, 3.63) is 0 Å². The summed E-state index contributed by atoms with van der Waals surface area (Å²) in [6.07, 6.45) is 0.658. The lowest BCUT2D eigenvalue weighted by Crippen LogP contribution is -2.21. The third-order valence-electron chi connectivity index (χ3n) is 1.01. The first-order valence-electron chi connectivity index (χ1n) is 2.92. The van der Waals surface area contributed by atoms with Crippen LogP contribution in [-0.4, -0.2) is 38.7 Å². The SMILES string of the molecule is COC(=O)[C@@H]([B]OC=N)CO. The Morgan fingerprint density at radius 3 is 2.91 bits per heavy atom. The molecule has 2 N–H and O–H groups in total. The molecule has 11 heavy (non-hydrogen) atoms. The van der Waals surface area contributed by atoms with Crippen molar-refractivity contribution in [1.29, 1.82) is 5.41 Å². The summed E-state index contributed by atoms with van der Waals surface area (Å²) in [5.41, 5.74) is 0. The number of rotatable bonds is 5. The van der Waals surface area contributed by atoms with Gasteiger partial charge in [-0.2, -0.15) is 0 Å². The van der Waals surface area contributed by atoms with Gasteiger partial charge in [0.05, 0.1) is 19.5 Å². The molecule has 61 valence electrons. The van der Waals surface area contributed by atoms with Gasteiger partial charge < -0.3 is 14.5 Å². The minimum absolute atomic E-state index is 0.388. The minimum atomic E-state index is -0.818. The predicted molar refractivity (Wildman–Crippen MR) is 38.5 cm³/mol. The number of nitrogens with one attached hydrogen (secondary N) is 1. The van der Waals surface area contributed by atoms with E-state index in [2.05, 4.69) is 9.39 Å². The fourth-order valence-corrected chi connectivity index (χ4v) is 0.459. The summed E-state index contributed by atoms with van der Waals surface area (Å²) in [5, 5.41) is 15.0. The number of carbonyl (C=O) groups excluding carboxylic acids is 1. The first kappa shape index (κ1) is 9.96. The van der Waals surface area contributed by atoms with Crippen LogP contribution in [0.1, 0.15) is 0 Å². The lowest BCUT2D eigenvalue weighted by Gasteiger charge is -2.07. The standard InChI is InChI=1S/C5H9BNO4/c1-10-5(9)4(2-8)6-11-3-7/h3-4,7-8H,2H2,1H3/t4-/m0/s1. The van der Waals surface area contributed by atoms with Crippen LogP contribution < -0.4 is 0 Å². The van der Waals surface area contributed by atoms with Crippen molar-refractivity contribution in [1.82, 2.24) is 0 Å². The number of carbonyl (C=O) groups is 1. The molecule has 0 aromatic heterocycles. The number of hydrogen-bond acceptors (Lipinski definition) is 5. The quantitative estimate of drug-likeness (QED) is 0.237. The van der Waals surface area contributed by atoms with Gasteiger partial charge in [-0.1, -0.05) is 0 Å². The maximum atomic E-state index is 10.7. The summed E-state index contributed by atoms with van der Waals surface area (Å²) < 4.78 is 8.68. The molecule has 5 nitrogen and oxygen atoms in total. The van der Waals surface area contributed by atoms with Crippen molar-refractivity contribution in [2.75, 3.05) is 13.7 Å². The zero-order valence-electron chi connectivity index (χ0n) is 6.11. The second-order valence-corrected chi connectivity index (χ2v) is 1.70. The normalized spacial score (nSPS) is 11.5. The van der Waals surface area contributed by atoms with Crippen LogP contribution in [0.4, 0.5) is 0 Å². The molecule has 0 amide bonds. The largest absolute Gasteiger partial charge is 0.555 e. The fraction of sp³-hybridized carbons (Fsp3) is 0.600. The molecule has 0 saturated heterocycles. The van der Waals surface area contributed by atoms with E-state index in [0.29, 0.717) is 6.40 Å². The van der Waals surface area contributed by atoms with Crippen LogP contribution in [0.15, 0.2) is 0 Å². The molecule has 0 aliphatic rings. The van der Waals surface area contributed by atoms with Crippen LogP contribution in [0.25, 0.3) is 0 Å². The molecule has 0 saturated carbocycles. The predicted octanol–water partition coefficient (Wildman–Crippen LogP) is -0.817. The van der Waals surface area contributed by atoms with E-state index in [0.717, 1.165) is 7.48 Å². The lowest BCUT2D eigenvalue weighted by molar-refractivity contribution is -0.141. The summed E-state index contributed by atoms with van der Waals surface area (Å²) in [4.78, 5) is 10.7. The molecule has 0 aromatic rings. The van der Waals surface area contributed by atoms with Crippen LogP contribution in [0, 0.1) is 5.41 Å². The summed E-state index contributed by atoms with van der Waals surface area (Å²) in [5.74, 6) is -1.41. The highest BCUT2D eigenvalue weighted by molar-refractivity contribution is 6.38. The molecule has 0 heterocycles. The Balaban J connectivity index is 3.74. The zero-order chi connectivity index (χ0) is 8.69. The molecule has 1 radical (unpaired) electrons. The van der Waals surface area contributed by atoms with Gasteiger partial charge >= 0.3 is 13.5 Å². The first-order valence-corrected chi connectivity index (χ1v) is 2.92. The van der Waals surface area contributed by atoms with Crippen molar-refractivity contribution in [3.63, 3.8) is 0 Å². The minimum Gasteiger partial charge on any atom is -0.555 e. The van der Waals surface area contributed by atoms with Crippen LogP contribution in [0.3, 0.4) is 0 Å². The van der Waals surface area contributed by atoms with Gasteiger partial charge in [0.15, 0.2) is 0 Å². The Hall–Kier alpha value is -1.04. The second kappa shape index (κ2) is 5.73. The number of esters is 1. The zero-order valence-corrected chi connectivity index (χ0v) is 6.11. The number of ether oxygens (including phenoxy) is 1. The maximum absolute atomic E-state index is 10.7. The highest BCUT2D eigenvalue weighted by atomic mass is 16.5. The summed E-state index contributed by atoms with van der Waals surface area (Å²) in [6.45, 7) is -0.388. The molecular formula is C5H9BNO4. The highest BCUT2D eigenvalue weighted by Crippen LogP contribution is 2.03. The number of aliphatic hydroxyl groups excluding tert-OH is 1. The molecule has 0 rings (SSSR count). The molecular weight excluding hydrogens is 149 g/mol. The van der Waals surface area contributed by atoms with E-state index < -0.39 is 11.8 Å². The monoisotopic (exact) mass is 158 g/mol. The van der Waals surface area contributed by atoms with E-state index in [1.807, 2.05) is 0 Å². The maximum Gasteiger partial charge on any atom is 0.388 e. The molecule has 1 atom stereocenters. The van der Waals surface area contributed by atoms with Crippen molar-refractivity contribution in [2.24, 2.45) is 0 Å². The van der Waals surface area contributed by atoms with Gasteiger partial charge in [0, 0.05) is 0 Å². The van der Waals surface area contributed by atoms with E-state index in [4.69, 9.17) is 10.5 Å². The van der Waals surface area contributed by atoms with Gasteiger partial charge in [0.1, 0.15) is 6.40 Å². The Morgan fingerprint density at radius 1 is 1.91 bits per heavy atom. The smallest absolute Gasteiger partial charge is 0.388 e. The number of aliphatic hydroxyl groups is 1. The van der Waals surface area contributed by atoms with Gasteiger partial charge in [-0.05, 0) is 0 Å². The Bertz CT molecular complexity index is 140. The lowest BCUT2D eigenvalue weighted by atomic mass is 9.81. The first-order chi connectivity index (χ1) is 5.26. The number of methoxy groups -OCH3 is 1. The van der Waals surface area contributed by atoms with E-state index >= 15 is 0 Å². The third kappa shape index (κ3) is 3.62. The molecule has 0 unspecified atom stereocenters. The summed E-state index contributed by atoms with van der Waals surface area (Å²) in [6, 6.07) is 0.